The lowest BCUT2D eigenvalue weighted by atomic mass is 9.84. The zero-order valence-corrected chi connectivity index (χ0v) is 14.0. The molecule has 4 heteroatoms. The van der Waals surface area contributed by atoms with Crippen LogP contribution in [0.3, 0.4) is 0 Å². The summed E-state index contributed by atoms with van der Waals surface area (Å²) in [5.74, 6) is 1.75. The fraction of sp³-hybridized carbons (Fsp3) is 0.300. The molecule has 1 aliphatic rings. The van der Waals surface area contributed by atoms with Crippen molar-refractivity contribution < 1.29 is 4.52 Å². The lowest BCUT2D eigenvalue weighted by Crippen LogP contribution is -2.36. The molecule has 0 radical (unpaired) electrons. The van der Waals surface area contributed by atoms with Gasteiger partial charge in [-0.3, -0.25) is 4.90 Å². The Labute approximate surface area is 142 Å². The van der Waals surface area contributed by atoms with Crippen molar-refractivity contribution in [3.05, 3.63) is 83.0 Å². The molecule has 3 aromatic rings. The number of nitrogens with zero attached hydrogens (tertiary/aromatic N) is 3. The summed E-state index contributed by atoms with van der Waals surface area (Å²) in [4.78, 5) is 6.84. The van der Waals surface area contributed by atoms with E-state index in [1.54, 1.807) is 0 Å². The number of benzene rings is 2. The highest BCUT2D eigenvalue weighted by Gasteiger charge is 2.31. The molecule has 0 fully saturated rings. The Kier molecular flexibility index (Phi) is 3.90. The molecule has 2 atom stereocenters. The highest BCUT2D eigenvalue weighted by atomic mass is 16.5. The molecule has 0 bridgehead atoms. The highest BCUT2D eigenvalue weighted by molar-refractivity contribution is 5.40. The number of aromatic nitrogens is 2. The monoisotopic (exact) mass is 319 g/mol. The predicted octanol–water partition coefficient (Wildman–Crippen LogP) is 4.09. The number of hydrogen-bond donors (Lipinski definition) is 0. The minimum atomic E-state index is 0.103. The van der Waals surface area contributed by atoms with E-state index in [4.69, 9.17) is 4.52 Å². The highest BCUT2D eigenvalue weighted by Crippen LogP contribution is 2.36. The first-order chi connectivity index (χ1) is 11.7. The first kappa shape index (κ1) is 15.1. The average Bonchev–Trinajstić information content (AvgIpc) is 3.07. The molecular formula is C20H21N3O. The topological polar surface area (TPSA) is 42.2 Å². The molecule has 1 aliphatic heterocycles. The van der Waals surface area contributed by atoms with E-state index in [2.05, 4.69) is 76.6 Å². The van der Waals surface area contributed by atoms with Crippen LogP contribution < -0.4 is 0 Å². The largest absolute Gasteiger partial charge is 0.338 e. The molecule has 2 unspecified atom stereocenters. The van der Waals surface area contributed by atoms with Gasteiger partial charge in [0.2, 0.25) is 5.89 Å². The van der Waals surface area contributed by atoms with Gasteiger partial charge in [0, 0.05) is 19.0 Å². The van der Waals surface area contributed by atoms with Gasteiger partial charge in [-0.05, 0) is 30.5 Å². The first-order valence-electron chi connectivity index (χ1n) is 8.39. The summed E-state index contributed by atoms with van der Waals surface area (Å²) in [5.41, 5.74) is 4.15. The minimum Gasteiger partial charge on any atom is -0.338 e. The standard InChI is InChI=1S/C20H21N3O/c1-14(20-21-15(2)22-24-20)23-12-17-10-6-7-11-18(17)19(13-23)16-8-4-3-5-9-16/h3-11,14,19H,12-13H2,1-2H3. The maximum atomic E-state index is 5.41. The lowest BCUT2D eigenvalue weighted by molar-refractivity contribution is 0.150. The van der Waals surface area contributed by atoms with Crippen LogP contribution in [0.5, 0.6) is 0 Å². The van der Waals surface area contributed by atoms with Gasteiger partial charge >= 0.3 is 0 Å². The Morgan fingerprint density at radius 3 is 2.58 bits per heavy atom. The van der Waals surface area contributed by atoms with Gasteiger partial charge in [0.15, 0.2) is 5.82 Å². The van der Waals surface area contributed by atoms with E-state index in [0.29, 0.717) is 17.6 Å². The smallest absolute Gasteiger partial charge is 0.243 e. The Morgan fingerprint density at radius 1 is 1.08 bits per heavy atom. The van der Waals surface area contributed by atoms with Gasteiger partial charge in [0.25, 0.3) is 0 Å². The maximum Gasteiger partial charge on any atom is 0.243 e. The summed E-state index contributed by atoms with van der Waals surface area (Å²) < 4.78 is 5.41. The van der Waals surface area contributed by atoms with Gasteiger partial charge < -0.3 is 4.52 Å². The molecule has 0 N–H and O–H groups in total. The van der Waals surface area contributed by atoms with Crippen LogP contribution in [0.4, 0.5) is 0 Å². The van der Waals surface area contributed by atoms with Crippen molar-refractivity contribution in [2.45, 2.75) is 32.4 Å². The summed E-state index contributed by atoms with van der Waals surface area (Å²) in [7, 11) is 0. The van der Waals surface area contributed by atoms with Gasteiger partial charge in [-0.2, -0.15) is 4.98 Å². The quantitative estimate of drug-likeness (QED) is 0.729. The fourth-order valence-electron chi connectivity index (χ4n) is 3.54. The SMILES string of the molecule is Cc1noc(C(C)N2Cc3ccccc3C(c3ccccc3)C2)n1. The summed E-state index contributed by atoms with van der Waals surface area (Å²) in [5, 5.41) is 3.94. The molecule has 0 spiro atoms. The van der Waals surface area contributed by atoms with Crippen LogP contribution in [0.2, 0.25) is 0 Å². The third-order valence-electron chi connectivity index (χ3n) is 4.87. The van der Waals surface area contributed by atoms with Gasteiger partial charge in [-0.25, -0.2) is 0 Å². The second-order valence-electron chi connectivity index (χ2n) is 6.45. The van der Waals surface area contributed by atoms with E-state index in [1.807, 2.05) is 6.92 Å². The molecule has 0 saturated heterocycles. The summed E-state index contributed by atoms with van der Waals surface area (Å²) in [6.45, 7) is 5.85. The molecule has 122 valence electrons. The van der Waals surface area contributed by atoms with Gasteiger partial charge in [0.1, 0.15) is 0 Å². The predicted molar refractivity (Wildman–Crippen MR) is 92.6 cm³/mol. The summed E-state index contributed by atoms with van der Waals surface area (Å²) >= 11 is 0. The normalized spacial score (nSPS) is 19.0. The second kappa shape index (κ2) is 6.21. The lowest BCUT2D eigenvalue weighted by Gasteiger charge is -2.37. The second-order valence-corrected chi connectivity index (χ2v) is 6.45. The Morgan fingerprint density at radius 2 is 1.83 bits per heavy atom. The van der Waals surface area contributed by atoms with E-state index < -0.39 is 0 Å². The Hall–Kier alpha value is -2.46. The third kappa shape index (κ3) is 2.74. The van der Waals surface area contributed by atoms with E-state index in [1.165, 1.54) is 16.7 Å². The van der Waals surface area contributed by atoms with Crippen LogP contribution in [-0.4, -0.2) is 21.6 Å². The average molecular weight is 319 g/mol. The molecule has 0 amide bonds. The first-order valence-corrected chi connectivity index (χ1v) is 8.39. The van der Waals surface area contributed by atoms with Crippen LogP contribution in [0.15, 0.2) is 59.1 Å². The third-order valence-corrected chi connectivity index (χ3v) is 4.87. The summed E-state index contributed by atoms with van der Waals surface area (Å²) in [6, 6.07) is 19.6. The van der Waals surface area contributed by atoms with Crippen molar-refractivity contribution in [1.29, 1.82) is 0 Å². The van der Waals surface area contributed by atoms with Crippen molar-refractivity contribution in [2.75, 3.05) is 6.54 Å². The molecule has 2 aromatic carbocycles. The van der Waals surface area contributed by atoms with Gasteiger partial charge in [-0.15, -0.1) is 0 Å². The van der Waals surface area contributed by atoms with Crippen LogP contribution in [0.1, 0.15) is 47.3 Å². The molecule has 4 rings (SSSR count). The number of fused-ring (bicyclic) bond motifs is 1. The number of aryl methyl sites for hydroxylation is 1. The van der Waals surface area contributed by atoms with Gasteiger partial charge in [-0.1, -0.05) is 59.8 Å². The van der Waals surface area contributed by atoms with E-state index >= 15 is 0 Å². The van der Waals surface area contributed by atoms with Crippen molar-refractivity contribution in [1.82, 2.24) is 15.0 Å². The zero-order chi connectivity index (χ0) is 16.5. The molecule has 0 aliphatic carbocycles. The maximum absolute atomic E-state index is 5.41. The van der Waals surface area contributed by atoms with Crippen LogP contribution in [0, 0.1) is 6.92 Å². The van der Waals surface area contributed by atoms with E-state index in [-0.39, 0.29) is 6.04 Å². The molecule has 1 aromatic heterocycles. The Bertz CT molecular complexity index is 828. The zero-order valence-electron chi connectivity index (χ0n) is 14.0. The number of rotatable bonds is 3. The van der Waals surface area contributed by atoms with Crippen molar-refractivity contribution >= 4 is 0 Å². The van der Waals surface area contributed by atoms with Crippen LogP contribution >= 0.6 is 0 Å². The molecular weight excluding hydrogens is 298 g/mol. The van der Waals surface area contributed by atoms with Crippen molar-refractivity contribution in [3.8, 4) is 0 Å². The molecule has 2 heterocycles. The number of hydrogen-bond acceptors (Lipinski definition) is 4. The van der Waals surface area contributed by atoms with E-state index in [9.17, 15) is 0 Å². The molecule has 24 heavy (non-hydrogen) atoms. The van der Waals surface area contributed by atoms with Crippen molar-refractivity contribution in [3.63, 3.8) is 0 Å². The van der Waals surface area contributed by atoms with Crippen molar-refractivity contribution in [2.24, 2.45) is 0 Å². The Balaban J connectivity index is 1.70. The van der Waals surface area contributed by atoms with Crippen LogP contribution in [0.25, 0.3) is 0 Å². The molecule has 4 nitrogen and oxygen atoms in total. The minimum absolute atomic E-state index is 0.103. The van der Waals surface area contributed by atoms with Gasteiger partial charge in [0.05, 0.1) is 6.04 Å². The summed E-state index contributed by atoms with van der Waals surface area (Å²) in [6.07, 6.45) is 0. The van der Waals surface area contributed by atoms with Crippen LogP contribution in [-0.2, 0) is 6.54 Å². The van der Waals surface area contributed by atoms with E-state index in [0.717, 1.165) is 13.1 Å². The fourth-order valence-corrected chi connectivity index (χ4v) is 3.54. The molecule has 0 saturated carbocycles.